The Hall–Kier alpha value is -2.44. The van der Waals surface area contributed by atoms with E-state index in [-0.39, 0.29) is 17.2 Å². The third-order valence-electron chi connectivity index (χ3n) is 2.14. The van der Waals surface area contributed by atoms with E-state index < -0.39 is 0 Å². The van der Waals surface area contributed by atoms with Crippen molar-refractivity contribution < 1.29 is 4.79 Å². The minimum atomic E-state index is -0.334. The number of amides is 1. The summed E-state index contributed by atoms with van der Waals surface area (Å²) < 4.78 is 0. The quantitative estimate of drug-likeness (QED) is 0.660. The molecule has 0 spiro atoms. The number of rotatable bonds is 4. The van der Waals surface area contributed by atoms with Crippen molar-refractivity contribution in [3.8, 4) is 0 Å². The van der Waals surface area contributed by atoms with Gasteiger partial charge in [0.25, 0.3) is 11.5 Å². The average Bonchev–Trinajstić information content (AvgIpc) is 2.83. The molecular formula is C10H11N5O2. The molecule has 7 nitrogen and oxygen atoms in total. The summed E-state index contributed by atoms with van der Waals surface area (Å²) in [5.74, 6) is -0.319. The topological polar surface area (TPSA) is 104 Å². The van der Waals surface area contributed by atoms with E-state index >= 15 is 0 Å². The van der Waals surface area contributed by atoms with E-state index in [2.05, 4.69) is 25.3 Å². The van der Waals surface area contributed by atoms with Gasteiger partial charge in [0.15, 0.2) is 0 Å². The highest BCUT2D eigenvalue weighted by atomic mass is 16.2. The molecule has 17 heavy (non-hydrogen) atoms. The van der Waals surface area contributed by atoms with Crippen molar-refractivity contribution in [2.24, 2.45) is 0 Å². The summed E-state index contributed by atoms with van der Waals surface area (Å²) in [5.41, 5.74) is 0.799. The van der Waals surface area contributed by atoms with Crippen LogP contribution in [0.25, 0.3) is 0 Å². The number of nitrogens with zero attached hydrogens (tertiary/aromatic N) is 2. The first-order valence-electron chi connectivity index (χ1n) is 5.06. The molecule has 0 radical (unpaired) electrons. The molecule has 0 bridgehead atoms. The Morgan fingerprint density at radius 2 is 2.24 bits per heavy atom. The van der Waals surface area contributed by atoms with Crippen LogP contribution in [0.5, 0.6) is 0 Å². The molecule has 2 rings (SSSR count). The smallest absolute Gasteiger partial charge is 0.271 e. The first kappa shape index (κ1) is 11.1. The molecule has 0 aromatic carbocycles. The van der Waals surface area contributed by atoms with E-state index in [9.17, 15) is 9.59 Å². The first-order chi connectivity index (χ1) is 8.25. The van der Waals surface area contributed by atoms with Crippen LogP contribution in [0.1, 0.15) is 16.2 Å². The van der Waals surface area contributed by atoms with Gasteiger partial charge in [0.1, 0.15) is 5.69 Å². The molecule has 0 atom stereocenters. The highest BCUT2D eigenvalue weighted by Gasteiger charge is 2.06. The minimum Gasteiger partial charge on any atom is -0.350 e. The van der Waals surface area contributed by atoms with Gasteiger partial charge >= 0.3 is 0 Å². The number of H-pyrrole nitrogens is 2. The zero-order valence-electron chi connectivity index (χ0n) is 8.93. The maximum Gasteiger partial charge on any atom is 0.271 e. The number of hydrogen-bond acceptors (Lipinski definition) is 4. The molecule has 2 heterocycles. The van der Waals surface area contributed by atoms with Crippen LogP contribution in [0.4, 0.5) is 0 Å². The second kappa shape index (κ2) is 5.06. The average molecular weight is 233 g/mol. The van der Waals surface area contributed by atoms with Crippen LogP contribution in [0.15, 0.2) is 29.7 Å². The largest absolute Gasteiger partial charge is 0.350 e. The molecule has 2 aromatic rings. The molecule has 1 amide bonds. The summed E-state index contributed by atoms with van der Waals surface area (Å²) in [4.78, 5) is 35.2. The summed E-state index contributed by atoms with van der Waals surface area (Å²) in [6.07, 6.45) is 6.30. The molecule has 0 aliphatic heterocycles. The van der Waals surface area contributed by atoms with Gasteiger partial charge in [-0.05, 0) is 0 Å². The molecule has 88 valence electrons. The standard InChI is InChI=1S/C10H11N5O2/c16-9-5-13-8(4-14-9)10(17)12-2-1-7-3-11-6-15-7/h3-6H,1-2H2,(H,11,15)(H,12,17)(H,14,16). The van der Waals surface area contributed by atoms with Crippen LogP contribution < -0.4 is 10.9 Å². The van der Waals surface area contributed by atoms with Crippen LogP contribution in [0.2, 0.25) is 0 Å². The van der Waals surface area contributed by atoms with E-state index in [4.69, 9.17) is 0 Å². The van der Waals surface area contributed by atoms with E-state index in [1.54, 1.807) is 12.5 Å². The fourth-order valence-electron chi connectivity index (χ4n) is 1.29. The Morgan fingerprint density at radius 1 is 1.35 bits per heavy atom. The Bertz CT molecular complexity index is 526. The number of nitrogens with one attached hydrogen (secondary N) is 3. The SMILES string of the molecule is O=C(NCCc1cnc[nH]1)c1c[nH]c(=O)cn1. The molecule has 0 saturated carbocycles. The maximum absolute atomic E-state index is 11.6. The van der Waals surface area contributed by atoms with E-state index in [1.165, 1.54) is 6.20 Å². The molecule has 0 saturated heterocycles. The summed E-state index contributed by atoms with van der Waals surface area (Å²) in [5, 5.41) is 2.69. The van der Waals surface area contributed by atoms with Gasteiger partial charge in [0, 0.05) is 31.1 Å². The van der Waals surface area contributed by atoms with Crippen molar-refractivity contribution in [3.63, 3.8) is 0 Å². The molecular weight excluding hydrogens is 222 g/mol. The second-order valence-electron chi connectivity index (χ2n) is 3.38. The molecule has 3 N–H and O–H groups in total. The van der Waals surface area contributed by atoms with Gasteiger partial charge in [-0.3, -0.25) is 9.59 Å². The summed E-state index contributed by atoms with van der Waals surface area (Å²) in [6, 6.07) is 0. The van der Waals surface area contributed by atoms with Crippen molar-refractivity contribution in [2.75, 3.05) is 6.54 Å². The number of carbonyl (C=O) groups excluding carboxylic acids is 1. The van der Waals surface area contributed by atoms with Crippen molar-refractivity contribution in [3.05, 3.63) is 46.7 Å². The van der Waals surface area contributed by atoms with Crippen LogP contribution in [-0.2, 0) is 6.42 Å². The van der Waals surface area contributed by atoms with Gasteiger partial charge in [-0.25, -0.2) is 9.97 Å². The fraction of sp³-hybridized carbons (Fsp3) is 0.200. The van der Waals surface area contributed by atoms with Crippen LogP contribution >= 0.6 is 0 Å². The third-order valence-corrected chi connectivity index (χ3v) is 2.14. The maximum atomic E-state index is 11.6. The van der Waals surface area contributed by atoms with Crippen molar-refractivity contribution in [1.29, 1.82) is 0 Å². The highest BCUT2D eigenvalue weighted by Crippen LogP contribution is 1.92. The number of hydrogen-bond donors (Lipinski definition) is 3. The van der Waals surface area contributed by atoms with Gasteiger partial charge in [-0.1, -0.05) is 0 Å². The monoisotopic (exact) mass is 233 g/mol. The van der Waals surface area contributed by atoms with Gasteiger partial charge in [-0.2, -0.15) is 0 Å². The molecule has 2 aromatic heterocycles. The lowest BCUT2D eigenvalue weighted by Gasteiger charge is -2.02. The fourth-order valence-corrected chi connectivity index (χ4v) is 1.29. The Morgan fingerprint density at radius 3 is 2.88 bits per heavy atom. The van der Waals surface area contributed by atoms with Crippen LogP contribution in [-0.4, -0.2) is 32.4 Å². The van der Waals surface area contributed by atoms with Gasteiger partial charge in [0.05, 0.1) is 12.5 Å². The van der Waals surface area contributed by atoms with Gasteiger partial charge in [-0.15, -0.1) is 0 Å². The second-order valence-corrected chi connectivity index (χ2v) is 3.38. The lowest BCUT2D eigenvalue weighted by Crippen LogP contribution is -2.27. The lowest BCUT2D eigenvalue weighted by atomic mass is 10.3. The molecule has 7 heteroatoms. The van der Waals surface area contributed by atoms with E-state index in [0.29, 0.717) is 13.0 Å². The Labute approximate surface area is 96.3 Å². The zero-order valence-corrected chi connectivity index (χ0v) is 8.93. The molecule has 0 aliphatic rings. The highest BCUT2D eigenvalue weighted by molar-refractivity contribution is 5.91. The Balaban J connectivity index is 1.85. The normalized spacial score (nSPS) is 10.1. The summed E-state index contributed by atoms with van der Waals surface area (Å²) >= 11 is 0. The van der Waals surface area contributed by atoms with Crippen molar-refractivity contribution in [2.45, 2.75) is 6.42 Å². The number of aromatic amines is 2. The first-order valence-corrected chi connectivity index (χ1v) is 5.06. The predicted molar refractivity (Wildman–Crippen MR) is 59.5 cm³/mol. The molecule has 0 unspecified atom stereocenters. The van der Waals surface area contributed by atoms with E-state index in [0.717, 1.165) is 11.9 Å². The summed E-state index contributed by atoms with van der Waals surface area (Å²) in [6.45, 7) is 0.474. The number of aromatic nitrogens is 4. The predicted octanol–water partition coefficient (Wildman–Crippen LogP) is -0.535. The van der Waals surface area contributed by atoms with Gasteiger partial charge in [0.2, 0.25) is 0 Å². The van der Waals surface area contributed by atoms with Crippen molar-refractivity contribution in [1.82, 2.24) is 25.3 Å². The molecule has 0 aliphatic carbocycles. The van der Waals surface area contributed by atoms with Crippen LogP contribution in [0.3, 0.4) is 0 Å². The van der Waals surface area contributed by atoms with Crippen molar-refractivity contribution >= 4 is 5.91 Å². The number of imidazole rings is 1. The Kier molecular flexibility index (Phi) is 3.29. The van der Waals surface area contributed by atoms with E-state index in [1.807, 2.05) is 0 Å². The number of carbonyl (C=O) groups is 1. The van der Waals surface area contributed by atoms with Crippen LogP contribution in [0, 0.1) is 0 Å². The zero-order chi connectivity index (χ0) is 12.1. The minimum absolute atomic E-state index is 0.189. The van der Waals surface area contributed by atoms with Gasteiger partial charge < -0.3 is 15.3 Å². The molecule has 0 fully saturated rings. The summed E-state index contributed by atoms with van der Waals surface area (Å²) in [7, 11) is 0. The third kappa shape index (κ3) is 3.00. The lowest BCUT2D eigenvalue weighted by molar-refractivity contribution is 0.0948.